The first-order chi connectivity index (χ1) is 9.27. The lowest BCUT2D eigenvalue weighted by atomic mass is 9.93. The first-order valence-electron chi connectivity index (χ1n) is 7.08. The summed E-state index contributed by atoms with van der Waals surface area (Å²) in [5.74, 6) is 1.58. The van der Waals surface area contributed by atoms with Gasteiger partial charge in [0.05, 0.1) is 12.1 Å². The summed E-state index contributed by atoms with van der Waals surface area (Å²) in [7, 11) is 0. The van der Waals surface area contributed by atoms with Crippen LogP contribution >= 0.6 is 11.8 Å². The number of hydrogen-bond donors (Lipinski definition) is 2. The predicted octanol–water partition coefficient (Wildman–Crippen LogP) is 0.754. The Balaban J connectivity index is 1.40. The third kappa shape index (κ3) is 3.42. The van der Waals surface area contributed by atoms with Crippen molar-refractivity contribution in [1.29, 1.82) is 0 Å². The Labute approximate surface area is 117 Å². The highest BCUT2D eigenvalue weighted by atomic mass is 32.2. The van der Waals surface area contributed by atoms with Gasteiger partial charge in [0.2, 0.25) is 5.91 Å². The average molecular weight is 283 g/mol. The van der Waals surface area contributed by atoms with E-state index in [1.165, 1.54) is 0 Å². The molecule has 3 fully saturated rings. The van der Waals surface area contributed by atoms with Gasteiger partial charge >= 0.3 is 0 Å². The van der Waals surface area contributed by atoms with Crippen LogP contribution in [0.1, 0.15) is 25.7 Å². The number of amides is 1. The van der Waals surface area contributed by atoms with Gasteiger partial charge in [-0.2, -0.15) is 0 Å². The second-order valence-electron chi connectivity index (χ2n) is 5.56. The highest BCUT2D eigenvalue weighted by Crippen LogP contribution is 2.31. The third-order valence-corrected chi connectivity index (χ3v) is 5.12. The molecule has 2 N–H and O–H groups in total. The van der Waals surface area contributed by atoms with Crippen LogP contribution in [0.3, 0.4) is 0 Å². The van der Waals surface area contributed by atoms with Crippen LogP contribution in [0.5, 0.6) is 0 Å². The zero-order valence-corrected chi connectivity index (χ0v) is 11.9. The number of ether oxygens (including phenoxy) is 1. The minimum Gasteiger partial charge on any atom is -0.381 e. The summed E-state index contributed by atoms with van der Waals surface area (Å²) in [6.45, 7) is 3.01. The quantitative estimate of drug-likeness (QED) is 0.748. The fourth-order valence-corrected chi connectivity index (χ4v) is 3.69. The lowest BCUT2D eigenvalue weighted by Gasteiger charge is -2.32. The molecule has 0 unspecified atom stereocenters. The summed E-state index contributed by atoms with van der Waals surface area (Å²) in [5.41, 5.74) is 0.207. The van der Waals surface area contributed by atoms with Gasteiger partial charge in [0, 0.05) is 31.4 Å². The molecule has 0 radical (unpaired) electrons. The molecule has 0 aromatic carbocycles. The highest BCUT2D eigenvalue weighted by Gasteiger charge is 2.38. The van der Waals surface area contributed by atoms with Crippen molar-refractivity contribution < 1.29 is 9.53 Å². The van der Waals surface area contributed by atoms with E-state index < -0.39 is 0 Å². The van der Waals surface area contributed by atoms with Gasteiger partial charge in [-0.15, -0.1) is 0 Å². The Morgan fingerprint density at radius 3 is 3.00 bits per heavy atom. The van der Waals surface area contributed by atoms with Gasteiger partial charge in [0.15, 0.2) is 5.17 Å². The standard InChI is InChI=1S/C13H21N3O2S/c17-11(10-1-2-10)14-5-6-15-12-16-13(9-19-12)3-7-18-8-4-13/h10H,1-9H2,(H,14,17)(H,15,16). The van der Waals surface area contributed by atoms with Gasteiger partial charge < -0.3 is 15.4 Å². The first kappa shape index (κ1) is 13.2. The Hall–Kier alpha value is -0.750. The van der Waals surface area contributed by atoms with E-state index in [-0.39, 0.29) is 17.4 Å². The molecule has 2 aliphatic heterocycles. The molecule has 106 valence electrons. The Morgan fingerprint density at radius 2 is 2.26 bits per heavy atom. The molecule has 3 aliphatic rings. The third-order valence-electron chi connectivity index (χ3n) is 3.92. The number of carbonyl (C=O) groups is 1. The maximum Gasteiger partial charge on any atom is 0.223 e. The molecule has 1 amide bonds. The number of aliphatic imine (C=N–C) groups is 1. The molecule has 0 bridgehead atoms. The summed E-state index contributed by atoms with van der Waals surface area (Å²) in [4.78, 5) is 16.0. The van der Waals surface area contributed by atoms with Crippen LogP contribution < -0.4 is 10.6 Å². The molecule has 19 heavy (non-hydrogen) atoms. The van der Waals surface area contributed by atoms with Crippen LogP contribution in [0.25, 0.3) is 0 Å². The van der Waals surface area contributed by atoms with Gasteiger partial charge in [-0.3, -0.25) is 9.79 Å². The zero-order valence-electron chi connectivity index (χ0n) is 11.1. The number of nitrogens with one attached hydrogen (secondary N) is 2. The van der Waals surface area contributed by atoms with Crippen molar-refractivity contribution in [1.82, 2.24) is 10.6 Å². The van der Waals surface area contributed by atoms with Gasteiger partial charge in [-0.05, 0) is 25.7 Å². The van der Waals surface area contributed by atoms with Crippen LogP contribution in [-0.4, -0.2) is 48.7 Å². The topological polar surface area (TPSA) is 62.7 Å². The molecule has 2 saturated heterocycles. The van der Waals surface area contributed by atoms with Crippen LogP contribution in [-0.2, 0) is 9.53 Å². The van der Waals surface area contributed by atoms with Crippen LogP contribution in [0.2, 0.25) is 0 Å². The van der Waals surface area contributed by atoms with Crippen molar-refractivity contribution in [2.24, 2.45) is 10.9 Å². The van der Waals surface area contributed by atoms with E-state index in [0.717, 1.165) is 49.8 Å². The lowest BCUT2D eigenvalue weighted by Crippen LogP contribution is -2.48. The number of rotatable bonds is 4. The second kappa shape index (κ2) is 5.71. The number of thioether (sulfide) groups is 1. The maximum absolute atomic E-state index is 11.4. The number of carbonyl (C=O) groups excluding carboxylic acids is 1. The van der Waals surface area contributed by atoms with Crippen LogP contribution in [0.15, 0.2) is 4.99 Å². The Kier molecular flexibility index (Phi) is 3.98. The maximum atomic E-state index is 11.4. The van der Waals surface area contributed by atoms with E-state index in [4.69, 9.17) is 4.74 Å². The summed E-state index contributed by atoms with van der Waals surface area (Å²) < 4.78 is 5.41. The number of amidine groups is 1. The largest absolute Gasteiger partial charge is 0.381 e. The minimum absolute atomic E-state index is 0.202. The summed E-state index contributed by atoms with van der Waals surface area (Å²) in [6, 6.07) is 0. The highest BCUT2D eigenvalue weighted by molar-refractivity contribution is 8.14. The molecule has 1 spiro atoms. The Bertz CT molecular complexity index is 376. The van der Waals surface area contributed by atoms with Gasteiger partial charge in [0.25, 0.3) is 0 Å². The molecule has 6 heteroatoms. The number of nitrogens with zero attached hydrogens (tertiary/aromatic N) is 1. The Morgan fingerprint density at radius 1 is 1.47 bits per heavy atom. The normalized spacial score (nSPS) is 27.5. The summed E-state index contributed by atoms with van der Waals surface area (Å²) in [5, 5.41) is 7.52. The molecule has 0 aromatic heterocycles. The van der Waals surface area contributed by atoms with E-state index in [1.54, 1.807) is 11.8 Å². The van der Waals surface area contributed by atoms with Crippen LogP contribution in [0, 0.1) is 5.92 Å². The molecular weight excluding hydrogens is 262 g/mol. The minimum atomic E-state index is 0.202. The van der Waals surface area contributed by atoms with E-state index in [9.17, 15) is 4.79 Å². The molecule has 1 aliphatic carbocycles. The number of hydrogen-bond acceptors (Lipinski definition) is 4. The zero-order chi connectivity index (χ0) is 13.1. The van der Waals surface area contributed by atoms with Crippen molar-refractivity contribution in [3.8, 4) is 0 Å². The van der Waals surface area contributed by atoms with Gasteiger partial charge in [-0.25, -0.2) is 0 Å². The van der Waals surface area contributed by atoms with E-state index in [0.29, 0.717) is 13.1 Å². The molecule has 5 nitrogen and oxygen atoms in total. The van der Waals surface area contributed by atoms with E-state index >= 15 is 0 Å². The van der Waals surface area contributed by atoms with Crippen LogP contribution in [0.4, 0.5) is 0 Å². The predicted molar refractivity (Wildman–Crippen MR) is 76.4 cm³/mol. The molecule has 1 saturated carbocycles. The average Bonchev–Trinajstić information content (AvgIpc) is 3.21. The lowest BCUT2D eigenvalue weighted by molar-refractivity contribution is -0.122. The van der Waals surface area contributed by atoms with Crippen molar-refractivity contribution in [2.75, 3.05) is 32.1 Å². The van der Waals surface area contributed by atoms with Gasteiger partial charge in [-0.1, -0.05) is 11.8 Å². The smallest absolute Gasteiger partial charge is 0.223 e. The molecule has 0 atom stereocenters. The first-order valence-corrected chi connectivity index (χ1v) is 8.07. The molecule has 0 aromatic rings. The van der Waals surface area contributed by atoms with Crippen molar-refractivity contribution in [2.45, 2.75) is 31.2 Å². The summed E-state index contributed by atoms with van der Waals surface area (Å²) in [6.07, 6.45) is 4.25. The monoisotopic (exact) mass is 283 g/mol. The van der Waals surface area contributed by atoms with Crippen molar-refractivity contribution in [3.05, 3.63) is 0 Å². The van der Waals surface area contributed by atoms with Crippen molar-refractivity contribution >= 4 is 22.8 Å². The summed E-state index contributed by atoms with van der Waals surface area (Å²) >= 11 is 1.80. The second-order valence-corrected chi connectivity index (χ2v) is 6.52. The van der Waals surface area contributed by atoms with E-state index in [2.05, 4.69) is 15.6 Å². The van der Waals surface area contributed by atoms with Gasteiger partial charge in [0.1, 0.15) is 0 Å². The fraction of sp³-hybridized carbons (Fsp3) is 0.846. The van der Waals surface area contributed by atoms with Crippen molar-refractivity contribution in [3.63, 3.8) is 0 Å². The molecule has 3 rings (SSSR count). The molecular formula is C13H21N3O2S. The van der Waals surface area contributed by atoms with E-state index in [1.807, 2.05) is 0 Å². The SMILES string of the molecule is O=C(NCCN=C1NC2(CCOCC2)CS1)C1CC1. The fourth-order valence-electron chi connectivity index (χ4n) is 2.45. The molecule has 2 heterocycles.